The molecule has 1 amide bonds. The number of aromatic nitrogens is 2. The zero-order valence-corrected chi connectivity index (χ0v) is 19.8. The molecule has 7 nitrogen and oxygen atoms in total. The zero-order valence-electron chi connectivity index (χ0n) is 19.8. The fourth-order valence-electron chi connectivity index (χ4n) is 4.43. The van der Waals surface area contributed by atoms with Crippen molar-refractivity contribution >= 4 is 22.6 Å². The second-order valence-electron chi connectivity index (χ2n) is 8.81. The van der Waals surface area contributed by atoms with Crippen LogP contribution in [0.3, 0.4) is 0 Å². The molecule has 1 aromatic heterocycles. The van der Waals surface area contributed by atoms with E-state index in [-0.39, 0.29) is 17.2 Å². The number of ether oxygens (including phenoxy) is 1. The van der Waals surface area contributed by atoms with Gasteiger partial charge in [0.05, 0.1) is 5.39 Å². The highest BCUT2D eigenvalue weighted by Crippen LogP contribution is 2.20. The summed E-state index contributed by atoms with van der Waals surface area (Å²) in [6.45, 7) is 5.23. The molecule has 3 aromatic rings. The molecule has 2 heterocycles. The van der Waals surface area contributed by atoms with Crippen molar-refractivity contribution in [2.24, 2.45) is 0 Å². The highest BCUT2D eigenvalue weighted by molar-refractivity contribution is 6.02. The van der Waals surface area contributed by atoms with Crippen molar-refractivity contribution < 1.29 is 14.3 Å². The molecule has 7 heteroatoms. The Morgan fingerprint density at radius 3 is 2.47 bits per heavy atom. The van der Waals surface area contributed by atoms with Gasteiger partial charge in [0.2, 0.25) is 0 Å². The number of unbranched alkanes of at least 4 members (excludes halogenated alkanes) is 3. The summed E-state index contributed by atoms with van der Waals surface area (Å²) >= 11 is 0. The van der Waals surface area contributed by atoms with Crippen LogP contribution in [0.25, 0.3) is 10.8 Å². The van der Waals surface area contributed by atoms with E-state index in [2.05, 4.69) is 18.1 Å². The summed E-state index contributed by atoms with van der Waals surface area (Å²) < 4.78 is 6.93. The summed E-state index contributed by atoms with van der Waals surface area (Å²) in [5, 5.41) is 5.22. The summed E-state index contributed by atoms with van der Waals surface area (Å²) in [6, 6.07) is 15.0. The van der Waals surface area contributed by atoms with Gasteiger partial charge in [-0.1, -0.05) is 68.7 Å². The van der Waals surface area contributed by atoms with Crippen molar-refractivity contribution in [3.8, 4) is 0 Å². The summed E-state index contributed by atoms with van der Waals surface area (Å²) in [5.74, 6) is -0.934. The van der Waals surface area contributed by atoms with Gasteiger partial charge in [-0.2, -0.15) is 5.10 Å². The number of hydrogen-bond acceptors (Lipinski definition) is 5. The quantitative estimate of drug-likeness (QED) is 0.373. The Hall–Kier alpha value is -3.48. The average molecular weight is 462 g/mol. The number of amides is 1. The van der Waals surface area contributed by atoms with E-state index in [0.29, 0.717) is 30.4 Å². The lowest BCUT2D eigenvalue weighted by molar-refractivity contribution is -0.140. The van der Waals surface area contributed by atoms with Gasteiger partial charge >= 0.3 is 5.97 Å². The largest absolute Gasteiger partial charge is 0.448 e. The fourth-order valence-corrected chi connectivity index (χ4v) is 4.43. The maximum atomic E-state index is 13.1. The Morgan fingerprint density at radius 2 is 1.71 bits per heavy atom. The molecule has 0 radical (unpaired) electrons. The molecule has 0 saturated carbocycles. The van der Waals surface area contributed by atoms with Gasteiger partial charge in [-0.15, -0.1) is 0 Å². The maximum absolute atomic E-state index is 13.1. The first kappa shape index (κ1) is 23.7. The Balaban J connectivity index is 1.52. The van der Waals surface area contributed by atoms with E-state index in [0.717, 1.165) is 37.7 Å². The minimum Gasteiger partial charge on any atom is -0.448 e. The molecule has 0 aliphatic carbocycles. The highest BCUT2D eigenvalue weighted by Gasteiger charge is 2.28. The van der Waals surface area contributed by atoms with Gasteiger partial charge in [-0.25, -0.2) is 9.48 Å². The van der Waals surface area contributed by atoms with Crippen LogP contribution in [0.1, 0.15) is 61.1 Å². The van der Waals surface area contributed by atoms with Crippen LogP contribution in [0.4, 0.5) is 0 Å². The number of fused-ring (bicyclic) bond motifs is 2. The molecule has 178 valence electrons. The van der Waals surface area contributed by atoms with E-state index in [1.807, 2.05) is 18.2 Å². The van der Waals surface area contributed by atoms with E-state index in [4.69, 9.17) is 4.74 Å². The van der Waals surface area contributed by atoms with Gasteiger partial charge in [-0.3, -0.25) is 9.59 Å². The number of aryl methyl sites for hydroxylation is 1. The van der Waals surface area contributed by atoms with Crippen molar-refractivity contribution in [2.75, 3.05) is 6.54 Å². The fraction of sp³-hybridized carbons (Fsp3) is 0.407. The van der Waals surface area contributed by atoms with Crippen molar-refractivity contribution in [3.05, 3.63) is 75.7 Å². The molecule has 0 N–H and O–H groups in total. The number of nitrogens with zero attached hydrogens (tertiary/aromatic N) is 3. The van der Waals surface area contributed by atoms with E-state index in [1.54, 1.807) is 36.1 Å². The predicted molar refractivity (Wildman–Crippen MR) is 131 cm³/mol. The molecule has 0 fully saturated rings. The first-order valence-electron chi connectivity index (χ1n) is 12.1. The molecule has 4 rings (SSSR count). The molecular weight excluding hydrogens is 430 g/mol. The van der Waals surface area contributed by atoms with E-state index >= 15 is 0 Å². The summed E-state index contributed by atoms with van der Waals surface area (Å²) in [6.07, 6.45) is 3.78. The van der Waals surface area contributed by atoms with Gasteiger partial charge in [0, 0.05) is 25.0 Å². The number of carbonyl (C=O) groups is 2. The third-order valence-electron chi connectivity index (χ3n) is 6.36. The number of carbonyl (C=O) groups excluding carboxylic acids is 2. The zero-order chi connectivity index (χ0) is 24.1. The number of esters is 1. The minimum atomic E-state index is -0.955. The molecule has 2 aromatic carbocycles. The molecular formula is C27H31N3O4. The van der Waals surface area contributed by atoms with Crippen molar-refractivity contribution in [3.63, 3.8) is 0 Å². The summed E-state index contributed by atoms with van der Waals surface area (Å²) in [5.41, 5.74) is 2.20. The monoisotopic (exact) mass is 461 g/mol. The number of rotatable bonds is 8. The molecule has 1 aliphatic heterocycles. The molecule has 0 unspecified atom stereocenters. The van der Waals surface area contributed by atoms with Crippen LogP contribution in [-0.4, -0.2) is 39.2 Å². The molecule has 34 heavy (non-hydrogen) atoms. The Kier molecular flexibility index (Phi) is 7.40. The SMILES string of the molecule is CCCCCCn1nc(C(=O)O[C@H](C)C(=O)N2CCc3ccccc3C2)c2ccccc2c1=O. The molecule has 1 atom stereocenters. The van der Waals surface area contributed by atoms with Gasteiger partial charge in [0.1, 0.15) is 0 Å². The first-order valence-corrected chi connectivity index (χ1v) is 12.1. The van der Waals surface area contributed by atoms with Gasteiger partial charge < -0.3 is 9.64 Å². The molecule has 0 spiro atoms. The topological polar surface area (TPSA) is 81.5 Å². The number of hydrogen-bond donors (Lipinski definition) is 0. The first-order chi connectivity index (χ1) is 16.5. The average Bonchev–Trinajstić information content (AvgIpc) is 2.87. The van der Waals surface area contributed by atoms with Crippen LogP contribution in [0.5, 0.6) is 0 Å². The second kappa shape index (κ2) is 10.6. The Morgan fingerprint density at radius 1 is 1.00 bits per heavy atom. The van der Waals surface area contributed by atoms with Crippen LogP contribution >= 0.6 is 0 Å². The highest BCUT2D eigenvalue weighted by atomic mass is 16.5. The van der Waals surface area contributed by atoms with E-state index < -0.39 is 12.1 Å². The standard InChI is InChI=1S/C27H31N3O4/c1-3-4-5-10-16-30-26(32)23-14-9-8-13-22(23)24(28-30)27(33)34-19(2)25(31)29-17-15-20-11-6-7-12-21(20)18-29/h6-9,11-14,19H,3-5,10,15-18H2,1-2H3/t19-/m1/s1. The van der Waals surface area contributed by atoms with Crippen LogP contribution in [-0.2, 0) is 29.0 Å². The molecule has 0 saturated heterocycles. The smallest absolute Gasteiger partial charge is 0.360 e. The van der Waals surface area contributed by atoms with Crippen LogP contribution < -0.4 is 5.56 Å². The maximum Gasteiger partial charge on any atom is 0.360 e. The second-order valence-corrected chi connectivity index (χ2v) is 8.81. The van der Waals surface area contributed by atoms with Crippen molar-refractivity contribution in [1.82, 2.24) is 14.7 Å². The van der Waals surface area contributed by atoms with Crippen LogP contribution in [0.15, 0.2) is 53.3 Å². The van der Waals surface area contributed by atoms with Gasteiger partial charge in [0.25, 0.3) is 11.5 Å². The molecule has 0 bridgehead atoms. The lowest BCUT2D eigenvalue weighted by atomic mass is 9.99. The third-order valence-corrected chi connectivity index (χ3v) is 6.36. The van der Waals surface area contributed by atoms with E-state index in [9.17, 15) is 14.4 Å². The van der Waals surface area contributed by atoms with Crippen molar-refractivity contribution in [2.45, 2.75) is 65.1 Å². The normalized spacial score (nSPS) is 14.0. The van der Waals surface area contributed by atoms with Gasteiger partial charge in [0.15, 0.2) is 11.8 Å². The number of benzene rings is 2. The van der Waals surface area contributed by atoms with Crippen molar-refractivity contribution in [1.29, 1.82) is 0 Å². The van der Waals surface area contributed by atoms with Gasteiger partial charge in [-0.05, 0) is 37.0 Å². The predicted octanol–water partition coefficient (Wildman–Crippen LogP) is 4.11. The Bertz CT molecular complexity index is 1250. The van der Waals surface area contributed by atoms with E-state index in [1.165, 1.54) is 10.2 Å². The summed E-state index contributed by atoms with van der Waals surface area (Å²) in [7, 11) is 0. The van der Waals surface area contributed by atoms with Crippen LogP contribution in [0.2, 0.25) is 0 Å². The third kappa shape index (κ3) is 5.03. The van der Waals surface area contributed by atoms with Crippen LogP contribution in [0, 0.1) is 0 Å². The Labute approximate surface area is 199 Å². The molecule has 1 aliphatic rings. The minimum absolute atomic E-state index is 0.0642. The summed E-state index contributed by atoms with van der Waals surface area (Å²) in [4.78, 5) is 40.8. The lowest BCUT2D eigenvalue weighted by Crippen LogP contribution is -2.42. The lowest BCUT2D eigenvalue weighted by Gasteiger charge is -2.30.